The number of carboxylic acid groups (broad SMARTS) is 10. The molecule has 0 radical (unpaired) electrons. The first-order valence-corrected chi connectivity index (χ1v) is 44.4. The van der Waals surface area contributed by atoms with E-state index in [1.807, 2.05) is 90.4 Å². The third-order valence-electron chi connectivity index (χ3n) is 23.3. The summed E-state index contributed by atoms with van der Waals surface area (Å²) in [5.74, 6) is -11.7. The molecule has 10 N–H and O–H groups in total. The minimum atomic E-state index is -1.06. The molecule has 42 heteroatoms. The van der Waals surface area contributed by atoms with E-state index in [-0.39, 0.29) is 155 Å². The van der Waals surface area contributed by atoms with Gasteiger partial charge in [0.15, 0.2) is 0 Å². The van der Waals surface area contributed by atoms with E-state index in [9.17, 15) is 108 Å². The molecule has 5 saturated heterocycles. The summed E-state index contributed by atoms with van der Waals surface area (Å²) >= 11 is 0. The number of benzene rings is 3. The Morgan fingerprint density at radius 1 is 0.371 bits per heavy atom. The van der Waals surface area contributed by atoms with Crippen LogP contribution in [0.3, 0.4) is 0 Å². The van der Waals surface area contributed by atoms with Crippen molar-refractivity contribution in [2.45, 2.75) is 103 Å². The summed E-state index contributed by atoms with van der Waals surface area (Å²) in [5, 5.41) is 94.4. The van der Waals surface area contributed by atoms with Crippen LogP contribution in [0.2, 0.25) is 0 Å². The van der Waals surface area contributed by atoms with Crippen LogP contribution in [-0.4, -0.2) is 474 Å². The summed E-state index contributed by atoms with van der Waals surface area (Å²) in [7, 11) is 2.23. The maximum absolute atomic E-state index is 12.4. The highest BCUT2D eigenvalue weighted by molar-refractivity contribution is 6.01. The quantitative estimate of drug-likeness (QED) is 0.0301. The number of carbonyl (C=O) groups excluding carboxylic acids is 5. The van der Waals surface area contributed by atoms with Gasteiger partial charge in [0.1, 0.15) is 6.04 Å². The lowest BCUT2D eigenvalue weighted by atomic mass is 10.0. The van der Waals surface area contributed by atoms with Crippen molar-refractivity contribution in [1.29, 1.82) is 0 Å². The number of carbonyl (C=O) groups is 13. The predicted octanol–water partition coefficient (Wildman–Crippen LogP) is -0.234. The normalized spacial score (nSPS) is 20.6. The Morgan fingerprint density at radius 3 is 1.12 bits per heavy atom. The number of hydroxylamine groups is 2. The lowest BCUT2D eigenvalue weighted by Crippen LogP contribution is -2.50. The molecule has 0 aliphatic carbocycles. The second kappa shape index (κ2) is 58.8. The van der Waals surface area contributed by atoms with Gasteiger partial charge in [0.05, 0.1) is 76.8 Å². The first-order chi connectivity index (χ1) is 62.8. The number of aliphatic carboxylic acids is 10. The summed E-state index contributed by atoms with van der Waals surface area (Å²) in [5.41, 5.74) is 8.14. The van der Waals surface area contributed by atoms with Crippen molar-refractivity contribution >= 4 is 83.6 Å². The molecule has 0 spiro atoms. The van der Waals surface area contributed by atoms with Crippen LogP contribution in [0.4, 0.5) is 0 Å². The zero-order valence-electron chi connectivity index (χ0n) is 76.1. The van der Waals surface area contributed by atoms with Crippen LogP contribution in [-0.2, 0) is 109 Å². The maximum Gasteiger partial charge on any atom is 0.373 e. The molecule has 0 saturated carbocycles. The standard InChI is InChI=1S/C25H32N4O6.C24H40N4O2.C20H31N5O10.C20H29N3O6.CO2/c1-18-5-7-19(8-6-18)11-22-14-28(16-24(32)33)10-9-27(15-23(30)31)12-20-3-2-4-21(26-20)13-29(22)17-25(34)35;1-21-5-7-22(8-6-21)9-10-23(24(29)30)28-14-4-13-26-16-15-25(2)11-3-12-27(18-17-26)19-20-28;26-15-1-2-16(27)25(15)35-20(34)14-24-9-7-22(12-18(30)31)5-3-21(11-17(28)29)4-6-23(8-10-24)13-19(32)33;1-15-2-4-16(5-3-15)10-17-11-22(13-19(26)27)7-6-21(12-18(24)25)8-9-23(17)14-20(28)29;2-1-3/h2-8,22H,9-17H2,1H3,(H,30,31)(H,32,33)(H,34,35);5-8,23H,3-4,9-20H2,1-2H3,(H,29,30);1-14H2,(H,28,29)(H,30,31)(H,32,33);2-5,17H,6-14H2,1H3,(H,24,25)(H,26,27)(H,28,29);. The van der Waals surface area contributed by atoms with Gasteiger partial charge in [-0.15, -0.1) is 5.06 Å². The van der Waals surface area contributed by atoms with Crippen LogP contribution >= 0.6 is 0 Å². The molecule has 1 aromatic heterocycles. The molecular formula is C90H132N16O26. The molecule has 5 fully saturated rings. The number of nitrogens with zero attached hydrogens (tertiary/aromatic N) is 16. The molecule has 4 aromatic rings. The van der Waals surface area contributed by atoms with Crippen molar-refractivity contribution in [1.82, 2.24) is 78.6 Å². The summed E-state index contributed by atoms with van der Waals surface area (Å²) in [6.07, 6.45) is 5.00. The second-order valence-corrected chi connectivity index (χ2v) is 34.0. The molecule has 3 aromatic carbocycles. The van der Waals surface area contributed by atoms with Gasteiger partial charge >= 0.3 is 71.8 Å². The number of aryl methyl sites for hydroxylation is 4. The molecular weight excluding hydrogens is 1720 g/mol. The molecule has 728 valence electrons. The highest BCUT2D eigenvalue weighted by Crippen LogP contribution is 2.22. The topological polar surface area (TPSA) is 529 Å². The van der Waals surface area contributed by atoms with Gasteiger partial charge in [-0.05, 0) is 115 Å². The molecule has 2 amide bonds. The Morgan fingerprint density at radius 2 is 0.705 bits per heavy atom. The molecule has 4 bridgehead atoms. The van der Waals surface area contributed by atoms with E-state index >= 15 is 0 Å². The van der Waals surface area contributed by atoms with Gasteiger partial charge < -0.3 is 70.6 Å². The Balaban J connectivity index is 0.000000269. The third kappa shape index (κ3) is 44.4. The first-order valence-electron chi connectivity index (χ1n) is 44.4. The minimum Gasteiger partial charge on any atom is -0.480 e. The smallest absolute Gasteiger partial charge is 0.373 e. The lowest BCUT2D eigenvalue weighted by molar-refractivity contribution is -0.198. The fraction of sp³-hybridized carbons (Fsp3) is 0.589. The summed E-state index contributed by atoms with van der Waals surface area (Å²) in [6.45, 7) is 19.6. The van der Waals surface area contributed by atoms with Crippen molar-refractivity contribution in [3.05, 3.63) is 136 Å². The van der Waals surface area contributed by atoms with Crippen LogP contribution in [0, 0.1) is 20.8 Å². The zero-order valence-corrected chi connectivity index (χ0v) is 76.1. The number of amides is 2. The molecule has 132 heavy (non-hydrogen) atoms. The maximum atomic E-state index is 12.4. The Hall–Kier alpha value is -11.1. The van der Waals surface area contributed by atoms with Gasteiger partial charge in [-0.25, -0.2) is 4.79 Å². The number of hydrogen-bond acceptors (Lipinski definition) is 31. The van der Waals surface area contributed by atoms with E-state index < -0.39 is 83.5 Å². The van der Waals surface area contributed by atoms with Gasteiger partial charge in [-0.1, -0.05) is 95.6 Å². The van der Waals surface area contributed by atoms with Crippen LogP contribution in [0.5, 0.6) is 0 Å². The summed E-state index contributed by atoms with van der Waals surface area (Å²) in [4.78, 5) is 203. The molecule has 6 aliphatic heterocycles. The van der Waals surface area contributed by atoms with Crippen LogP contribution in [0.15, 0.2) is 91.0 Å². The first kappa shape index (κ1) is 110. The van der Waals surface area contributed by atoms with Crippen molar-refractivity contribution in [2.75, 3.05) is 243 Å². The van der Waals surface area contributed by atoms with Crippen molar-refractivity contribution < 1.29 is 128 Å². The number of carboxylic acids is 10. The number of pyridine rings is 1. The number of aromatic nitrogens is 1. The number of fused-ring (bicyclic) bond motifs is 5. The molecule has 42 nitrogen and oxygen atoms in total. The van der Waals surface area contributed by atoms with Gasteiger partial charge in [0.2, 0.25) is 0 Å². The zero-order chi connectivity index (χ0) is 96.8. The Kier molecular flexibility index (Phi) is 48.8. The van der Waals surface area contributed by atoms with Gasteiger partial charge in [-0.2, -0.15) is 9.59 Å². The Bertz CT molecular complexity index is 4330. The highest BCUT2D eigenvalue weighted by atomic mass is 16.7. The Labute approximate surface area is 768 Å². The SMILES string of the molecule is Cc1ccc(CC2CN(CC(=O)O)CCN(CC(=O)O)CCN2CC(=O)O)cc1.Cc1ccc(CC2CN(CC(=O)O)CCN(CC(=O)O)Cc3cccc(n3)CN2CC(=O)O)cc1.Cc1ccc(CCC(C(=O)O)N2CCCN3CCN(C)CCCN(CC3)CC2)cc1.O=C(O)CN1CCN(CC(=O)O)CCN(CC(=O)ON2C(=O)CCC2=O)CCN(CC(=O)O)CC1.O=C=O. The third-order valence-corrected chi connectivity index (χ3v) is 23.3. The second-order valence-electron chi connectivity index (χ2n) is 34.0. The predicted molar refractivity (Wildman–Crippen MR) is 477 cm³/mol. The van der Waals surface area contributed by atoms with Crippen LogP contribution in [0.1, 0.15) is 76.9 Å². The van der Waals surface area contributed by atoms with E-state index in [0.717, 1.165) is 101 Å². The minimum absolute atomic E-state index is 0.0387. The fourth-order valence-corrected chi connectivity index (χ4v) is 16.4. The molecule has 6 aliphatic rings. The average Bonchev–Trinajstić information content (AvgIpc) is 1.26. The monoisotopic (exact) mass is 1850 g/mol. The van der Waals surface area contributed by atoms with E-state index in [0.29, 0.717) is 94.6 Å². The van der Waals surface area contributed by atoms with E-state index in [1.165, 1.54) is 17.5 Å². The molecule has 5 atom stereocenters. The number of likely N-dealkylation sites (N-methyl/N-ethyl adjacent to an activating group) is 1. The van der Waals surface area contributed by atoms with Crippen molar-refractivity contribution in [3.63, 3.8) is 0 Å². The van der Waals surface area contributed by atoms with Crippen LogP contribution in [0.25, 0.3) is 0 Å². The van der Waals surface area contributed by atoms with Crippen LogP contribution < -0.4 is 0 Å². The fourth-order valence-electron chi connectivity index (χ4n) is 16.4. The van der Waals surface area contributed by atoms with E-state index in [1.54, 1.807) is 39.2 Å². The highest BCUT2D eigenvalue weighted by Gasteiger charge is 2.36. The van der Waals surface area contributed by atoms with Crippen molar-refractivity contribution in [2.24, 2.45) is 0 Å². The average molecular weight is 1850 g/mol. The summed E-state index contributed by atoms with van der Waals surface area (Å²) < 4.78 is 0. The molecule has 10 rings (SSSR count). The molecule has 5 unspecified atom stereocenters. The number of imide groups is 1. The molecule has 7 heterocycles. The van der Waals surface area contributed by atoms with Gasteiger partial charge in [0, 0.05) is 189 Å². The van der Waals surface area contributed by atoms with Gasteiger partial charge in [0.25, 0.3) is 11.8 Å². The van der Waals surface area contributed by atoms with E-state index in [2.05, 4.69) is 62.8 Å². The summed E-state index contributed by atoms with van der Waals surface area (Å²) in [6, 6.07) is 29.0. The van der Waals surface area contributed by atoms with Crippen molar-refractivity contribution in [3.8, 4) is 0 Å². The largest absolute Gasteiger partial charge is 0.480 e. The van der Waals surface area contributed by atoms with Gasteiger partial charge in [-0.3, -0.25) is 116 Å². The lowest BCUT2D eigenvalue weighted by Gasteiger charge is -2.36. The number of rotatable bonds is 30. The number of hydrogen-bond donors (Lipinski definition) is 10. The van der Waals surface area contributed by atoms with E-state index in [4.69, 9.17) is 19.5 Å².